The summed E-state index contributed by atoms with van der Waals surface area (Å²) in [5.74, 6) is 0.567. The highest BCUT2D eigenvalue weighted by Crippen LogP contribution is 2.36. The second-order valence-corrected chi connectivity index (χ2v) is 8.54. The van der Waals surface area contributed by atoms with E-state index in [9.17, 15) is 18.6 Å². The summed E-state index contributed by atoms with van der Waals surface area (Å²) < 4.78 is 32.0. The average molecular weight is 377 g/mol. The number of aliphatic hydroxyl groups is 2. The van der Waals surface area contributed by atoms with Crippen molar-refractivity contribution in [3.05, 3.63) is 59.7 Å². The van der Waals surface area contributed by atoms with Gasteiger partial charge in [0.15, 0.2) is 0 Å². The van der Waals surface area contributed by atoms with Gasteiger partial charge in [0.2, 0.25) is 10.0 Å². The fourth-order valence-electron chi connectivity index (χ4n) is 3.20. The molecule has 2 atom stereocenters. The number of sulfonamides is 1. The van der Waals surface area contributed by atoms with Gasteiger partial charge in [-0.25, -0.2) is 8.42 Å². The van der Waals surface area contributed by atoms with E-state index in [1.807, 2.05) is 6.92 Å². The summed E-state index contributed by atoms with van der Waals surface area (Å²) in [7, 11) is -2.20. The minimum absolute atomic E-state index is 0.0897. The van der Waals surface area contributed by atoms with E-state index in [1.165, 1.54) is 11.4 Å². The lowest BCUT2D eigenvalue weighted by molar-refractivity contribution is -0.112. The standard InChI is InChI=1S/C19H23NO5S/c1-14-6-8-17(9-7-14)26(23,24)20-11-10-19(22,18(21)13-20)15-4-3-5-16(12-15)25-2/h3-9,12,18,21-22H,10-11,13H2,1-2H3. The van der Waals surface area contributed by atoms with Crippen LogP contribution in [0.5, 0.6) is 5.75 Å². The molecule has 1 saturated heterocycles. The van der Waals surface area contributed by atoms with Gasteiger partial charge in [-0.1, -0.05) is 29.8 Å². The predicted molar refractivity (Wildman–Crippen MR) is 97.5 cm³/mol. The van der Waals surface area contributed by atoms with E-state index in [-0.39, 0.29) is 24.4 Å². The van der Waals surface area contributed by atoms with Gasteiger partial charge in [-0.2, -0.15) is 4.31 Å². The fraction of sp³-hybridized carbons (Fsp3) is 0.368. The second-order valence-electron chi connectivity index (χ2n) is 6.60. The number of hydrogen-bond donors (Lipinski definition) is 2. The average Bonchev–Trinajstić information content (AvgIpc) is 2.64. The number of ether oxygens (including phenoxy) is 1. The van der Waals surface area contributed by atoms with E-state index >= 15 is 0 Å². The van der Waals surface area contributed by atoms with Crippen molar-refractivity contribution >= 4 is 10.0 Å². The minimum Gasteiger partial charge on any atom is -0.497 e. The molecular formula is C19H23NO5S. The fourth-order valence-corrected chi connectivity index (χ4v) is 4.65. The summed E-state index contributed by atoms with van der Waals surface area (Å²) in [6.07, 6.45) is -1.16. The van der Waals surface area contributed by atoms with Gasteiger partial charge in [-0.3, -0.25) is 0 Å². The van der Waals surface area contributed by atoms with Crippen LogP contribution in [0.1, 0.15) is 17.5 Å². The zero-order valence-electron chi connectivity index (χ0n) is 14.8. The van der Waals surface area contributed by atoms with E-state index in [1.54, 1.807) is 48.5 Å². The number of aliphatic hydroxyl groups excluding tert-OH is 1. The highest BCUT2D eigenvalue weighted by atomic mass is 32.2. The van der Waals surface area contributed by atoms with Gasteiger partial charge in [0, 0.05) is 13.1 Å². The molecule has 0 aromatic heterocycles. The Bertz CT molecular complexity index is 881. The molecule has 0 bridgehead atoms. The summed E-state index contributed by atoms with van der Waals surface area (Å²) in [5, 5.41) is 21.6. The number of rotatable bonds is 4. The molecule has 1 aliphatic heterocycles. The number of nitrogens with zero attached hydrogens (tertiary/aromatic N) is 1. The molecule has 0 aliphatic carbocycles. The Labute approximate surface area is 153 Å². The first-order valence-electron chi connectivity index (χ1n) is 8.39. The lowest BCUT2D eigenvalue weighted by Gasteiger charge is -2.41. The van der Waals surface area contributed by atoms with Crippen LogP contribution in [0.2, 0.25) is 0 Å². The highest BCUT2D eigenvalue weighted by molar-refractivity contribution is 7.89. The first-order valence-corrected chi connectivity index (χ1v) is 9.83. The summed E-state index contributed by atoms with van der Waals surface area (Å²) >= 11 is 0. The summed E-state index contributed by atoms with van der Waals surface area (Å²) in [6, 6.07) is 13.4. The SMILES string of the molecule is COc1cccc(C2(O)CCN(S(=O)(=O)c3ccc(C)cc3)CC2O)c1. The molecule has 2 N–H and O–H groups in total. The van der Waals surface area contributed by atoms with E-state index in [2.05, 4.69) is 0 Å². The molecule has 1 fully saturated rings. The van der Waals surface area contributed by atoms with Gasteiger partial charge < -0.3 is 14.9 Å². The zero-order valence-corrected chi connectivity index (χ0v) is 15.6. The Morgan fingerprint density at radius 1 is 1.19 bits per heavy atom. The van der Waals surface area contributed by atoms with Crippen molar-refractivity contribution in [2.75, 3.05) is 20.2 Å². The highest BCUT2D eigenvalue weighted by Gasteiger charge is 2.45. The van der Waals surface area contributed by atoms with Crippen LogP contribution in [0.3, 0.4) is 0 Å². The van der Waals surface area contributed by atoms with Crippen molar-refractivity contribution in [2.24, 2.45) is 0 Å². The van der Waals surface area contributed by atoms with Crippen LogP contribution >= 0.6 is 0 Å². The number of methoxy groups -OCH3 is 1. The number of β-amino-alcohol motifs (C(OH)–C–C–N with tert-alkyl or cyclic N) is 1. The number of hydrogen-bond acceptors (Lipinski definition) is 5. The number of aryl methyl sites for hydroxylation is 1. The third kappa shape index (κ3) is 3.35. The molecule has 0 saturated carbocycles. The molecule has 26 heavy (non-hydrogen) atoms. The Hall–Kier alpha value is -1.93. The van der Waals surface area contributed by atoms with Crippen LogP contribution in [-0.4, -0.2) is 49.2 Å². The molecule has 2 aromatic rings. The number of piperidine rings is 1. The van der Waals surface area contributed by atoms with Crippen molar-refractivity contribution in [3.63, 3.8) is 0 Å². The van der Waals surface area contributed by atoms with Gasteiger partial charge in [-0.15, -0.1) is 0 Å². The maximum Gasteiger partial charge on any atom is 0.243 e. The Balaban J connectivity index is 1.84. The normalized spacial score (nSPS) is 24.4. The van der Waals surface area contributed by atoms with Crippen molar-refractivity contribution in [2.45, 2.75) is 29.9 Å². The smallest absolute Gasteiger partial charge is 0.243 e. The summed E-state index contributed by atoms with van der Waals surface area (Å²) in [5.41, 5.74) is -0.0415. The van der Waals surface area contributed by atoms with Crippen LogP contribution < -0.4 is 4.74 Å². The number of benzene rings is 2. The summed E-state index contributed by atoms with van der Waals surface area (Å²) in [6.45, 7) is 1.82. The molecule has 0 amide bonds. The van der Waals surface area contributed by atoms with Gasteiger partial charge in [0.1, 0.15) is 17.5 Å². The third-order valence-corrected chi connectivity index (χ3v) is 6.78. The molecule has 2 aromatic carbocycles. The minimum atomic E-state index is -3.72. The lowest BCUT2D eigenvalue weighted by atomic mass is 9.83. The maximum absolute atomic E-state index is 12.8. The van der Waals surface area contributed by atoms with Gasteiger partial charge >= 0.3 is 0 Å². The Morgan fingerprint density at radius 3 is 2.50 bits per heavy atom. The molecule has 7 heteroatoms. The molecule has 0 radical (unpaired) electrons. The molecule has 3 rings (SSSR count). The molecule has 0 spiro atoms. The first-order chi connectivity index (χ1) is 12.3. The van der Waals surface area contributed by atoms with Crippen LogP contribution in [0.4, 0.5) is 0 Å². The Morgan fingerprint density at radius 2 is 1.88 bits per heavy atom. The molecular weight excluding hydrogens is 354 g/mol. The monoisotopic (exact) mass is 377 g/mol. The quantitative estimate of drug-likeness (QED) is 0.846. The van der Waals surface area contributed by atoms with E-state index in [0.29, 0.717) is 11.3 Å². The third-order valence-electron chi connectivity index (χ3n) is 4.90. The van der Waals surface area contributed by atoms with Gasteiger partial charge in [0.25, 0.3) is 0 Å². The van der Waals surface area contributed by atoms with E-state index in [0.717, 1.165) is 5.56 Å². The zero-order chi connectivity index (χ0) is 18.9. The van der Waals surface area contributed by atoms with Crippen molar-refractivity contribution in [1.29, 1.82) is 0 Å². The predicted octanol–water partition coefficient (Wildman–Crippen LogP) is 1.65. The van der Waals surface area contributed by atoms with E-state index in [4.69, 9.17) is 4.74 Å². The van der Waals surface area contributed by atoms with Crippen molar-refractivity contribution in [3.8, 4) is 5.75 Å². The largest absolute Gasteiger partial charge is 0.497 e. The van der Waals surface area contributed by atoms with Crippen molar-refractivity contribution < 1.29 is 23.4 Å². The van der Waals surface area contributed by atoms with E-state index < -0.39 is 21.7 Å². The summed E-state index contributed by atoms with van der Waals surface area (Å²) in [4.78, 5) is 0.183. The Kier molecular flexibility index (Phi) is 5.07. The van der Waals surface area contributed by atoms with Crippen LogP contribution in [0.15, 0.2) is 53.4 Å². The molecule has 1 heterocycles. The van der Waals surface area contributed by atoms with Crippen LogP contribution in [0, 0.1) is 6.92 Å². The van der Waals surface area contributed by atoms with Crippen molar-refractivity contribution in [1.82, 2.24) is 4.31 Å². The first kappa shape index (κ1) is 18.8. The molecule has 6 nitrogen and oxygen atoms in total. The second kappa shape index (κ2) is 7.00. The molecule has 1 aliphatic rings. The lowest BCUT2D eigenvalue weighted by Crippen LogP contribution is -2.54. The maximum atomic E-state index is 12.8. The van der Waals surface area contributed by atoms with Gasteiger partial charge in [0.05, 0.1) is 12.0 Å². The molecule has 140 valence electrons. The topological polar surface area (TPSA) is 87.1 Å². The van der Waals surface area contributed by atoms with Gasteiger partial charge in [-0.05, 0) is 43.2 Å². The van der Waals surface area contributed by atoms with Crippen LogP contribution in [0.25, 0.3) is 0 Å². The molecule has 2 unspecified atom stereocenters. The van der Waals surface area contributed by atoms with Crippen LogP contribution in [-0.2, 0) is 15.6 Å².